The standard InChI is InChI=1S/C14H23N3O2S/c1-14(2)6-10(14)7-17-20(18,19)13-5-12(16-9-13)8-15-11-3-4-11/h5,9-11,15-17H,3-4,6-8H2,1-2H3. The molecule has 1 atom stereocenters. The summed E-state index contributed by atoms with van der Waals surface area (Å²) in [6.07, 6.45) is 5.12. The molecule has 0 saturated heterocycles. The largest absolute Gasteiger partial charge is 0.363 e. The Morgan fingerprint density at radius 2 is 2.10 bits per heavy atom. The highest BCUT2D eigenvalue weighted by Gasteiger charge is 2.45. The van der Waals surface area contributed by atoms with Crippen molar-refractivity contribution in [1.29, 1.82) is 0 Å². The first-order valence-electron chi connectivity index (χ1n) is 7.27. The minimum absolute atomic E-state index is 0.292. The first-order chi connectivity index (χ1) is 9.37. The highest BCUT2D eigenvalue weighted by Crippen LogP contribution is 2.51. The van der Waals surface area contributed by atoms with Crippen molar-refractivity contribution in [3.63, 3.8) is 0 Å². The van der Waals surface area contributed by atoms with E-state index in [0.717, 1.165) is 12.1 Å². The summed E-state index contributed by atoms with van der Waals surface area (Å²) < 4.78 is 27.1. The van der Waals surface area contributed by atoms with Gasteiger partial charge in [-0.3, -0.25) is 0 Å². The zero-order valence-electron chi connectivity index (χ0n) is 12.1. The maximum atomic E-state index is 12.2. The molecule has 2 aliphatic rings. The van der Waals surface area contributed by atoms with Gasteiger partial charge in [0.1, 0.15) is 0 Å². The summed E-state index contributed by atoms with van der Waals surface area (Å²) in [7, 11) is -3.38. The molecule has 2 saturated carbocycles. The van der Waals surface area contributed by atoms with Crippen LogP contribution in [0, 0.1) is 11.3 Å². The monoisotopic (exact) mass is 297 g/mol. The van der Waals surface area contributed by atoms with Crippen molar-refractivity contribution in [2.75, 3.05) is 6.54 Å². The van der Waals surface area contributed by atoms with Gasteiger partial charge in [0.15, 0.2) is 0 Å². The van der Waals surface area contributed by atoms with Crippen LogP contribution in [0.3, 0.4) is 0 Å². The molecule has 1 heterocycles. The van der Waals surface area contributed by atoms with Gasteiger partial charge in [-0.1, -0.05) is 13.8 Å². The Morgan fingerprint density at radius 1 is 1.40 bits per heavy atom. The molecule has 0 radical (unpaired) electrons. The van der Waals surface area contributed by atoms with Crippen molar-refractivity contribution < 1.29 is 8.42 Å². The SMILES string of the molecule is CC1(C)CC1CNS(=O)(=O)c1c[nH]c(CNC2CC2)c1. The first kappa shape index (κ1) is 14.1. The Morgan fingerprint density at radius 3 is 2.70 bits per heavy atom. The maximum absolute atomic E-state index is 12.2. The van der Waals surface area contributed by atoms with Crippen LogP contribution in [0.25, 0.3) is 0 Å². The number of rotatable bonds is 7. The molecule has 1 aromatic heterocycles. The van der Waals surface area contributed by atoms with Crippen molar-refractivity contribution in [3.05, 3.63) is 18.0 Å². The van der Waals surface area contributed by atoms with E-state index in [0.29, 0.717) is 35.4 Å². The summed E-state index contributed by atoms with van der Waals surface area (Å²) >= 11 is 0. The van der Waals surface area contributed by atoms with Crippen molar-refractivity contribution >= 4 is 10.0 Å². The van der Waals surface area contributed by atoms with Gasteiger partial charge in [-0.15, -0.1) is 0 Å². The molecule has 20 heavy (non-hydrogen) atoms. The van der Waals surface area contributed by atoms with Gasteiger partial charge in [0.05, 0.1) is 4.90 Å². The van der Waals surface area contributed by atoms with Crippen molar-refractivity contribution in [2.24, 2.45) is 11.3 Å². The quantitative estimate of drug-likeness (QED) is 0.715. The molecule has 6 heteroatoms. The molecule has 1 unspecified atom stereocenters. The lowest BCUT2D eigenvalue weighted by Gasteiger charge is -2.06. The third-order valence-electron chi connectivity index (χ3n) is 4.42. The van der Waals surface area contributed by atoms with Gasteiger partial charge in [-0.05, 0) is 36.7 Å². The van der Waals surface area contributed by atoms with E-state index in [1.807, 2.05) is 0 Å². The molecule has 0 amide bonds. The molecule has 0 bridgehead atoms. The normalized spacial score (nSPS) is 24.8. The number of hydrogen-bond donors (Lipinski definition) is 3. The summed E-state index contributed by atoms with van der Waals surface area (Å²) in [5, 5.41) is 3.36. The fraction of sp³-hybridized carbons (Fsp3) is 0.714. The second-order valence-corrected chi connectivity index (χ2v) is 8.52. The number of aromatic amines is 1. The van der Waals surface area contributed by atoms with Gasteiger partial charge in [0.25, 0.3) is 0 Å². The van der Waals surface area contributed by atoms with E-state index in [-0.39, 0.29) is 0 Å². The zero-order chi connectivity index (χ0) is 14.4. The van der Waals surface area contributed by atoms with Gasteiger partial charge in [0, 0.05) is 31.0 Å². The third kappa shape index (κ3) is 3.24. The molecule has 1 aromatic rings. The molecule has 5 nitrogen and oxygen atoms in total. The zero-order valence-corrected chi connectivity index (χ0v) is 12.9. The second-order valence-electron chi connectivity index (χ2n) is 6.76. The van der Waals surface area contributed by atoms with Crippen molar-refractivity contribution in [1.82, 2.24) is 15.0 Å². The lowest BCUT2D eigenvalue weighted by molar-refractivity contribution is 0.537. The molecule has 0 aromatic carbocycles. The Balaban J connectivity index is 1.56. The van der Waals surface area contributed by atoms with Crippen LogP contribution in [-0.2, 0) is 16.6 Å². The summed E-state index contributed by atoms with van der Waals surface area (Å²) in [6.45, 7) is 5.58. The van der Waals surface area contributed by atoms with Gasteiger partial charge in [-0.2, -0.15) is 0 Å². The topological polar surface area (TPSA) is 74.0 Å². The first-order valence-corrected chi connectivity index (χ1v) is 8.75. The van der Waals surface area contributed by atoms with E-state index >= 15 is 0 Å². The third-order valence-corrected chi connectivity index (χ3v) is 5.83. The summed E-state index contributed by atoms with van der Waals surface area (Å²) in [4.78, 5) is 3.37. The molecular weight excluding hydrogens is 274 g/mol. The fourth-order valence-corrected chi connectivity index (χ4v) is 3.53. The Kier molecular flexibility index (Phi) is 3.43. The number of H-pyrrole nitrogens is 1. The number of sulfonamides is 1. The van der Waals surface area contributed by atoms with Crippen molar-refractivity contribution in [3.8, 4) is 0 Å². The van der Waals surface area contributed by atoms with E-state index in [1.54, 1.807) is 12.3 Å². The minimum atomic E-state index is -3.38. The highest BCUT2D eigenvalue weighted by molar-refractivity contribution is 7.89. The predicted molar refractivity (Wildman–Crippen MR) is 77.7 cm³/mol. The molecule has 0 spiro atoms. The number of hydrogen-bond acceptors (Lipinski definition) is 3. The lowest BCUT2D eigenvalue weighted by Crippen LogP contribution is -2.26. The van der Waals surface area contributed by atoms with Crippen LogP contribution < -0.4 is 10.0 Å². The summed E-state index contributed by atoms with van der Waals surface area (Å²) in [5.41, 5.74) is 1.21. The van der Waals surface area contributed by atoms with Crippen LogP contribution in [0.4, 0.5) is 0 Å². The fourth-order valence-electron chi connectivity index (χ4n) is 2.44. The molecule has 3 N–H and O–H groups in total. The molecular formula is C14H23N3O2S. The smallest absolute Gasteiger partial charge is 0.242 e. The molecule has 2 aliphatic carbocycles. The average molecular weight is 297 g/mol. The van der Waals surface area contributed by atoms with Crippen LogP contribution in [0.1, 0.15) is 38.8 Å². The summed E-state index contributed by atoms with van der Waals surface area (Å²) in [6, 6.07) is 2.34. The highest BCUT2D eigenvalue weighted by atomic mass is 32.2. The number of nitrogens with one attached hydrogen (secondary N) is 3. The Labute approximate surface area is 120 Å². The van der Waals surface area contributed by atoms with E-state index in [2.05, 4.69) is 28.9 Å². The average Bonchev–Trinajstić information content (AvgIpc) is 3.24. The lowest BCUT2D eigenvalue weighted by atomic mass is 10.1. The minimum Gasteiger partial charge on any atom is -0.363 e. The molecule has 3 rings (SSSR count). The molecule has 0 aliphatic heterocycles. The van der Waals surface area contributed by atoms with Crippen LogP contribution in [0.15, 0.2) is 17.2 Å². The van der Waals surface area contributed by atoms with Gasteiger partial charge >= 0.3 is 0 Å². The van der Waals surface area contributed by atoms with E-state index in [9.17, 15) is 8.42 Å². The van der Waals surface area contributed by atoms with E-state index < -0.39 is 10.0 Å². The van der Waals surface area contributed by atoms with E-state index in [1.165, 1.54) is 12.8 Å². The van der Waals surface area contributed by atoms with Gasteiger partial charge in [-0.25, -0.2) is 13.1 Å². The van der Waals surface area contributed by atoms with E-state index in [4.69, 9.17) is 0 Å². The van der Waals surface area contributed by atoms with Crippen LogP contribution in [0.5, 0.6) is 0 Å². The van der Waals surface area contributed by atoms with Crippen molar-refractivity contribution in [2.45, 2.75) is 50.6 Å². The predicted octanol–water partition coefficient (Wildman–Crippen LogP) is 1.59. The van der Waals surface area contributed by atoms with Gasteiger partial charge < -0.3 is 10.3 Å². The Hall–Kier alpha value is -0.850. The van der Waals surface area contributed by atoms with Gasteiger partial charge in [0.2, 0.25) is 10.0 Å². The summed E-state index contributed by atoms with van der Waals surface area (Å²) in [5.74, 6) is 0.465. The Bertz CT molecular complexity index is 587. The van der Waals surface area contributed by atoms with Crippen LogP contribution in [0.2, 0.25) is 0 Å². The second kappa shape index (κ2) is 4.86. The van der Waals surface area contributed by atoms with Crippen LogP contribution in [-0.4, -0.2) is 26.0 Å². The molecule has 2 fully saturated rings. The van der Waals surface area contributed by atoms with Crippen LogP contribution >= 0.6 is 0 Å². The molecule has 112 valence electrons. The maximum Gasteiger partial charge on any atom is 0.242 e. The number of aromatic nitrogens is 1.